The van der Waals surface area contributed by atoms with Crippen LogP contribution in [0.4, 0.5) is 0 Å². The molecule has 21 heavy (non-hydrogen) atoms. The van der Waals surface area contributed by atoms with Crippen molar-refractivity contribution in [3.05, 3.63) is 0 Å². The van der Waals surface area contributed by atoms with Crippen LogP contribution in [-0.2, 0) is 14.8 Å². The van der Waals surface area contributed by atoms with Crippen LogP contribution in [0.15, 0.2) is 0 Å². The van der Waals surface area contributed by atoms with Crippen LogP contribution in [-0.4, -0.2) is 58.0 Å². The minimum Gasteiger partial charge on any atom is -0.377 e. The van der Waals surface area contributed by atoms with Gasteiger partial charge in [-0.05, 0) is 38.8 Å². The van der Waals surface area contributed by atoms with Crippen molar-refractivity contribution in [1.29, 1.82) is 0 Å². The van der Waals surface area contributed by atoms with Gasteiger partial charge in [0.05, 0.1) is 19.0 Å². The van der Waals surface area contributed by atoms with Crippen LogP contribution in [0, 0.1) is 0 Å². The highest BCUT2D eigenvalue weighted by Crippen LogP contribution is 2.20. The first-order chi connectivity index (χ1) is 10.0. The van der Waals surface area contributed by atoms with E-state index in [-0.39, 0.29) is 6.04 Å². The number of sulfonamides is 1. The van der Waals surface area contributed by atoms with E-state index in [9.17, 15) is 8.42 Å². The fourth-order valence-corrected chi connectivity index (χ4v) is 4.18. The summed E-state index contributed by atoms with van der Waals surface area (Å²) in [5, 5.41) is 0. The smallest absolute Gasteiger partial charge is 0.208 e. The van der Waals surface area contributed by atoms with Gasteiger partial charge in [0.25, 0.3) is 0 Å². The SMILES string of the molecule is CS(=O)(=O)NC1CCN(CCOC2CCCCCC2)CC1. The molecule has 0 aromatic rings. The summed E-state index contributed by atoms with van der Waals surface area (Å²) in [5.74, 6) is 0. The zero-order chi connectivity index (χ0) is 15.1. The standard InChI is InChI=1S/C15H30N2O3S/c1-21(18,19)16-14-8-10-17(11-9-14)12-13-20-15-6-4-2-3-5-7-15/h14-16H,2-13H2,1H3. The lowest BCUT2D eigenvalue weighted by Gasteiger charge is -2.32. The number of nitrogens with zero attached hydrogens (tertiary/aromatic N) is 1. The second-order valence-corrected chi connectivity index (χ2v) is 8.27. The normalized spacial score (nSPS) is 24.0. The minimum atomic E-state index is -3.07. The maximum absolute atomic E-state index is 11.2. The Hall–Kier alpha value is -0.170. The highest BCUT2D eigenvalue weighted by Gasteiger charge is 2.21. The number of nitrogens with one attached hydrogen (secondary N) is 1. The Bertz CT molecular complexity index is 384. The van der Waals surface area contributed by atoms with Gasteiger partial charge in [0.1, 0.15) is 0 Å². The lowest BCUT2D eigenvalue weighted by atomic mass is 10.1. The summed E-state index contributed by atoms with van der Waals surface area (Å²) >= 11 is 0. The molecule has 1 aliphatic heterocycles. The Morgan fingerprint density at radius 3 is 2.24 bits per heavy atom. The molecule has 0 aromatic heterocycles. The highest BCUT2D eigenvalue weighted by molar-refractivity contribution is 7.88. The van der Waals surface area contributed by atoms with Crippen LogP contribution >= 0.6 is 0 Å². The monoisotopic (exact) mass is 318 g/mol. The quantitative estimate of drug-likeness (QED) is 0.758. The Morgan fingerprint density at radius 2 is 1.67 bits per heavy atom. The first kappa shape index (κ1) is 17.2. The van der Waals surface area contributed by atoms with Crippen molar-refractivity contribution in [2.24, 2.45) is 0 Å². The van der Waals surface area contributed by atoms with Crippen molar-refractivity contribution in [2.75, 3.05) is 32.5 Å². The maximum atomic E-state index is 11.2. The maximum Gasteiger partial charge on any atom is 0.208 e. The first-order valence-corrected chi connectivity index (χ1v) is 10.2. The number of hydrogen-bond acceptors (Lipinski definition) is 4. The number of likely N-dealkylation sites (tertiary alicyclic amines) is 1. The molecule has 2 aliphatic rings. The molecular formula is C15H30N2O3S. The molecule has 0 spiro atoms. The van der Waals surface area contributed by atoms with Gasteiger partial charge in [0.15, 0.2) is 0 Å². The van der Waals surface area contributed by atoms with Crippen molar-refractivity contribution in [1.82, 2.24) is 9.62 Å². The molecule has 2 rings (SSSR count). The summed E-state index contributed by atoms with van der Waals surface area (Å²) in [5.41, 5.74) is 0. The van der Waals surface area contributed by atoms with Gasteiger partial charge in [-0.3, -0.25) is 0 Å². The molecular weight excluding hydrogens is 288 g/mol. The molecule has 1 saturated carbocycles. The topological polar surface area (TPSA) is 58.6 Å². The molecule has 6 heteroatoms. The van der Waals surface area contributed by atoms with E-state index in [0.717, 1.165) is 39.1 Å². The third-order valence-electron chi connectivity index (χ3n) is 4.53. The third kappa shape index (κ3) is 7.08. The van der Waals surface area contributed by atoms with E-state index in [0.29, 0.717) is 6.10 Å². The third-order valence-corrected chi connectivity index (χ3v) is 5.29. The van der Waals surface area contributed by atoms with Crippen molar-refractivity contribution in [3.63, 3.8) is 0 Å². The molecule has 0 bridgehead atoms. The van der Waals surface area contributed by atoms with Gasteiger partial charge in [-0.2, -0.15) is 0 Å². The largest absolute Gasteiger partial charge is 0.377 e. The zero-order valence-electron chi connectivity index (χ0n) is 13.2. The predicted molar refractivity (Wildman–Crippen MR) is 84.9 cm³/mol. The molecule has 5 nitrogen and oxygen atoms in total. The fraction of sp³-hybridized carbons (Fsp3) is 1.00. The number of piperidine rings is 1. The molecule has 124 valence electrons. The van der Waals surface area contributed by atoms with Gasteiger partial charge in [-0.15, -0.1) is 0 Å². The fourth-order valence-electron chi connectivity index (χ4n) is 3.33. The van der Waals surface area contributed by atoms with Crippen LogP contribution in [0.1, 0.15) is 51.4 Å². The Labute approximate surface area is 129 Å². The molecule has 1 saturated heterocycles. The first-order valence-electron chi connectivity index (χ1n) is 8.34. The van der Waals surface area contributed by atoms with E-state index in [4.69, 9.17) is 4.74 Å². The van der Waals surface area contributed by atoms with E-state index >= 15 is 0 Å². The second-order valence-electron chi connectivity index (χ2n) is 6.49. The molecule has 0 unspecified atom stereocenters. The van der Waals surface area contributed by atoms with E-state index in [1.807, 2.05) is 0 Å². The molecule has 0 aromatic carbocycles. The second kappa shape index (κ2) is 8.46. The Morgan fingerprint density at radius 1 is 1.05 bits per heavy atom. The lowest BCUT2D eigenvalue weighted by molar-refractivity contribution is 0.0252. The van der Waals surface area contributed by atoms with Gasteiger partial charge in [0.2, 0.25) is 10.0 Å². The van der Waals surface area contributed by atoms with Gasteiger partial charge in [-0.25, -0.2) is 13.1 Å². The van der Waals surface area contributed by atoms with Gasteiger partial charge >= 0.3 is 0 Å². The van der Waals surface area contributed by atoms with Gasteiger partial charge < -0.3 is 9.64 Å². The van der Waals surface area contributed by atoms with Crippen LogP contribution in [0.3, 0.4) is 0 Å². The van der Waals surface area contributed by atoms with Crippen molar-refractivity contribution in [3.8, 4) is 0 Å². The summed E-state index contributed by atoms with van der Waals surface area (Å²) in [4.78, 5) is 2.39. The molecule has 0 radical (unpaired) electrons. The molecule has 2 fully saturated rings. The molecule has 1 aliphatic carbocycles. The van der Waals surface area contributed by atoms with Crippen LogP contribution < -0.4 is 4.72 Å². The van der Waals surface area contributed by atoms with Crippen molar-refractivity contribution in [2.45, 2.75) is 63.5 Å². The molecule has 1 heterocycles. The number of ether oxygens (including phenoxy) is 1. The minimum absolute atomic E-state index is 0.110. The summed E-state index contributed by atoms with van der Waals surface area (Å²) in [6.45, 7) is 3.71. The number of hydrogen-bond donors (Lipinski definition) is 1. The van der Waals surface area contributed by atoms with Crippen LogP contribution in [0.25, 0.3) is 0 Å². The van der Waals surface area contributed by atoms with Crippen molar-refractivity contribution < 1.29 is 13.2 Å². The molecule has 0 atom stereocenters. The number of rotatable bonds is 6. The zero-order valence-corrected chi connectivity index (χ0v) is 14.0. The highest BCUT2D eigenvalue weighted by atomic mass is 32.2. The van der Waals surface area contributed by atoms with Crippen molar-refractivity contribution >= 4 is 10.0 Å². The van der Waals surface area contributed by atoms with E-state index in [2.05, 4.69) is 9.62 Å². The van der Waals surface area contributed by atoms with Crippen LogP contribution in [0.5, 0.6) is 0 Å². The van der Waals surface area contributed by atoms with E-state index in [1.54, 1.807) is 0 Å². The lowest BCUT2D eigenvalue weighted by Crippen LogP contribution is -2.45. The van der Waals surface area contributed by atoms with Gasteiger partial charge in [-0.1, -0.05) is 25.7 Å². The molecule has 1 N–H and O–H groups in total. The van der Waals surface area contributed by atoms with E-state index < -0.39 is 10.0 Å². The van der Waals surface area contributed by atoms with Crippen LogP contribution in [0.2, 0.25) is 0 Å². The average molecular weight is 318 g/mol. The summed E-state index contributed by atoms with van der Waals surface area (Å²) in [7, 11) is -3.07. The summed E-state index contributed by atoms with van der Waals surface area (Å²) < 4.78 is 31.2. The van der Waals surface area contributed by atoms with E-state index in [1.165, 1.54) is 44.8 Å². The summed E-state index contributed by atoms with van der Waals surface area (Å²) in [6, 6.07) is 0.110. The molecule has 0 amide bonds. The Kier molecular flexibility index (Phi) is 6.92. The Balaban J connectivity index is 1.58. The van der Waals surface area contributed by atoms with Gasteiger partial charge in [0, 0.05) is 12.6 Å². The predicted octanol–water partition coefficient (Wildman–Crippen LogP) is 1.74. The summed E-state index contributed by atoms with van der Waals surface area (Å²) in [6.07, 6.45) is 11.3. The average Bonchev–Trinajstić information content (AvgIpc) is 2.68.